The number of hydrogen-bond donors (Lipinski definition) is 1. The van der Waals surface area contributed by atoms with E-state index in [1.54, 1.807) is 6.92 Å². The molecule has 76 valence electrons. The number of carbonyl (C=O) groups excluding carboxylic acids is 2. The van der Waals surface area contributed by atoms with Gasteiger partial charge in [-0.2, -0.15) is 0 Å². The van der Waals surface area contributed by atoms with E-state index in [0.29, 0.717) is 11.3 Å². The van der Waals surface area contributed by atoms with Crippen LogP contribution in [0.25, 0.3) is 0 Å². The Bertz CT molecular complexity index is 367. The lowest BCUT2D eigenvalue weighted by molar-refractivity contribution is 0.0593. The van der Waals surface area contributed by atoms with Crippen molar-refractivity contribution < 1.29 is 19.1 Å². The van der Waals surface area contributed by atoms with Gasteiger partial charge in [0.1, 0.15) is 5.69 Å². The SMILES string of the molecule is COC(=O)c1cc(C(=O)OC)c(C)[nH]1. The molecular weight excluding hydrogens is 186 g/mol. The lowest BCUT2D eigenvalue weighted by Gasteiger charge is -1.94. The summed E-state index contributed by atoms with van der Waals surface area (Å²) in [6.07, 6.45) is 0. The third-order valence-corrected chi connectivity index (χ3v) is 1.83. The second-order valence-corrected chi connectivity index (χ2v) is 2.70. The minimum Gasteiger partial charge on any atom is -0.465 e. The van der Waals surface area contributed by atoms with Crippen LogP contribution in [-0.4, -0.2) is 31.1 Å². The molecular formula is C9H11NO4. The predicted octanol–water partition coefficient (Wildman–Crippen LogP) is 0.896. The number of rotatable bonds is 2. The molecule has 0 spiro atoms. The molecule has 1 aromatic heterocycles. The van der Waals surface area contributed by atoms with Gasteiger partial charge in [0.2, 0.25) is 0 Å². The van der Waals surface area contributed by atoms with Gasteiger partial charge in [-0.05, 0) is 13.0 Å². The van der Waals surface area contributed by atoms with Crippen molar-refractivity contribution in [3.05, 3.63) is 23.0 Å². The third kappa shape index (κ3) is 1.76. The number of methoxy groups -OCH3 is 2. The van der Waals surface area contributed by atoms with Crippen LogP contribution in [0.1, 0.15) is 26.5 Å². The van der Waals surface area contributed by atoms with Crippen molar-refractivity contribution in [3.8, 4) is 0 Å². The Kier molecular flexibility index (Phi) is 2.91. The van der Waals surface area contributed by atoms with Crippen molar-refractivity contribution in [2.45, 2.75) is 6.92 Å². The molecule has 1 heterocycles. The number of ether oxygens (including phenoxy) is 2. The molecule has 0 aromatic carbocycles. The van der Waals surface area contributed by atoms with Crippen LogP contribution in [-0.2, 0) is 9.47 Å². The van der Waals surface area contributed by atoms with E-state index >= 15 is 0 Å². The van der Waals surface area contributed by atoms with Crippen molar-refractivity contribution in [1.29, 1.82) is 0 Å². The van der Waals surface area contributed by atoms with E-state index in [1.165, 1.54) is 20.3 Å². The zero-order valence-electron chi connectivity index (χ0n) is 8.21. The fourth-order valence-corrected chi connectivity index (χ4v) is 1.10. The fraction of sp³-hybridized carbons (Fsp3) is 0.333. The fourth-order valence-electron chi connectivity index (χ4n) is 1.10. The Morgan fingerprint density at radius 3 is 2.29 bits per heavy atom. The Labute approximate surface area is 81.0 Å². The molecule has 0 aliphatic carbocycles. The Morgan fingerprint density at radius 2 is 1.79 bits per heavy atom. The molecule has 14 heavy (non-hydrogen) atoms. The van der Waals surface area contributed by atoms with Crippen LogP contribution in [0, 0.1) is 6.92 Å². The molecule has 1 N–H and O–H groups in total. The summed E-state index contributed by atoms with van der Waals surface area (Å²) in [5, 5.41) is 0. The molecule has 0 aliphatic rings. The van der Waals surface area contributed by atoms with Gasteiger partial charge in [0.05, 0.1) is 19.8 Å². The van der Waals surface area contributed by atoms with Crippen LogP contribution in [0.5, 0.6) is 0 Å². The molecule has 1 aromatic rings. The molecule has 5 heteroatoms. The van der Waals surface area contributed by atoms with E-state index in [-0.39, 0.29) is 5.69 Å². The Hall–Kier alpha value is -1.78. The van der Waals surface area contributed by atoms with Gasteiger partial charge in [-0.3, -0.25) is 0 Å². The first kappa shape index (κ1) is 10.3. The van der Waals surface area contributed by atoms with Crippen molar-refractivity contribution in [2.75, 3.05) is 14.2 Å². The van der Waals surface area contributed by atoms with Crippen molar-refractivity contribution in [3.63, 3.8) is 0 Å². The monoisotopic (exact) mass is 197 g/mol. The van der Waals surface area contributed by atoms with Gasteiger partial charge in [0.25, 0.3) is 0 Å². The van der Waals surface area contributed by atoms with Crippen molar-refractivity contribution in [2.24, 2.45) is 0 Å². The number of aromatic amines is 1. The van der Waals surface area contributed by atoms with Crippen LogP contribution in [0.2, 0.25) is 0 Å². The van der Waals surface area contributed by atoms with Gasteiger partial charge in [0, 0.05) is 5.69 Å². The summed E-state index contributed by atoms with van der Waals surface area (Å²) in [6, 6.07) is 1.41. The van der Waals surface area contributed by atoms with Crippen molar-refractivity contribution >= 4 is 11.9 Å². The van der Waals surface area contributed by atoms with Crippen molar-refractivity contribution in [1.82, 2.24) is 4.98 Å². The van der Waals surface area contributed by atoms with E-state index in [2.05, 4.69) is 14.5 Å². The molecule has 0 unspecified atom stereocenters. The van der Waals surface area contributed by atoms with E-state index in [0.717, 1.165) is 0 Å². The summed E-state index contributed by atoms with van der Waals surface area (Å²) in [4.78, 5) is 25.0. The number of aromatic nitrogens is 1. The standard InChI is InChI=1S/C9H11NO4/c1-5-6(8(11)13-2)4-7(10-5)9(12)14-3/h4,10H,1-3H3. The molecule has 5 nitrogen and oxygen atoms in total. The van der Waals surface area contributed by atoms with Gasteiger partial charge in [-0.25, -0.2) is 9.59 Å². The summed E-state index contributed by atoms with van der Waals surface area (Å²) >= 11 is 0. The van der Waals surface area contributed by atoms with E-state index in [4.69, 9.17) is 0 Å². The van der Waals surface area contributed by atoms with E-state index in [9.17, 15) is 9.59 Å². The van der Waals surface area contributed by atoms with Gasteiger partial charge in [-0.1, -0.05) is 0 Å². The lowest BCUT2D eigenvalue weighted by Crippen LogP contribution is -2.01. The highest BCUT2D eigenvalue weighted by Gasteiger charge is 2.16. The molecule has 1 rings (SSSR count). The zero-order chi connectivity index (χ0) is 10.7. The first-order valence-corrected chi connectivity index (χ1v) is 3.96. The highest BCUT2D eigenvalue weighted by atomic mass is 16.5. The lowest BCUT2D eigenvalue weighted by atomic mass is 10.2. The van der Waals surface area contributed by atoms with Gasteiger partial charge >= 0.3 is 11.9 Å². The highest BCUT2D eigenvalue weighted by Crippen LogP contribution is 2.11. The average Bonchev–Trinajstić information content (AvgIpc) is 2.58. The third-order valence-electron chi connectivity index (χ3n) is 1.83. The largest absolute Gasteiger partial charge is 0.465 e. The highest BCUT2D eigenvalue weighted by molar-refractivity contribution is 5.95. The smallest absolute Gasteiger partial charge is 0.354 e. The molecule has 0 fully saturated rings. The van der Waals surface area contributed by atoms with Gasteiger partial charge in [-0.15, -0.1) is 0 Å². The molecule has 0 radical (unpaired) electrons. The number of nitrogens with one attached hydrogen (secondary N) is 1. The van der Waals surface area contributed by atoms with Crippen LogP contribution < -0.4 is 0 Å². The Morgan fingerprint density at radius 1 is 1.21 bits per heavy atom. The van der Waals surface area contributed by atoms with Gasteiger partial charge in [0.15, 0.2) is 0 Å². The second-order valence-electron chi connectivity index (χ2n) is 2.70. The number of H-pyrrole nitrogens is 1. The number of esters is 2. The van der Waals surface area contributed by atoms with Crippen LogP contribution >= 0.6 is 0 Å². The first-order valence-electron chi connectivity index (χ1n) is 3.96. The normalized spacial score (nSPS) is 9.64. The molecule has 0 atom stereocenters. The first-order chi connectivity index (χ1) is 6.60. The average molecular weight is 197 g/mol. The zero-order valence-corrected chi connectivity index (χ0v) is 8.21. The summed E-state index contributed by atoms with van der Waals surface area (Å²) in [5.41, 5.74) is 1.16. The second kappa shape index (κ2) is 3.95. The molecule has 0 bridgehead atoms. The maximum atomic E-state index is 11.2. The quantitative estimate of drug-likeness (QED) is 0.715. The number of aryl methyl sites for hydroxylation is 1. The predicted molar refractivity (Wildman–Crippen MR) is 48.2 cm³/mol. The molecule has 0 aliphatic heterocycles. The minimum absolute atomic E-state index is 0.241. The van der Waals surface area contributed by atoms with E-state index < -0.39 is 11.9 Å². The van der Waals surface area contributed by atoms with Gasteiger partial charge < -0.3 is 14.5 Å². The maximum absolute atomic E-state index is 11.2. The molecule has 0 saturated carbocycles. The maximum Gasteiger partial charge on any atom is 0.354 e. The summed E-state index contributed by atoms with van der Waals surface area (Å²) in [7, 11) is 2.56. The summed E-state index contributed by atoms with van der Waals surface area (Å²) in [6.45, 7) is 1.68. The summed E-state index contributed by atoms with van der Waals surface area (Å²) < 4.78 is 9.03. The topological polar surface area (TPSA) is 68.4 Å². The Balaban J connectivity index is 3.05. The minimum atomic E-state index is -0.511. The van der Waals surface area contributed by atoms with E-state index in [1.807, 2.05) is 0 Å². The van der Waals surface area contributed by atoms with Crippen LogP contribution in [0.15, 0.2) is 6.07 Å². The molecule has 0 amide bonds. The number of carbonyl (C=O) groups is 2. The van der Waals surface area contributed by atoms with Crippen LogP contribution in [0.3, 0.4) is 0 Å². The van der Waals surface area contributed by atoms with Crippen LogP contribution in [0.4, 0.5) is 0 Å². The number of hydrogen-bond acceptors (Lipinski definition) is 4. The summed E-state index contributed by atoms with van der Waals surface area (Å²) in [5.74, 6) is -0.989. The molecule has 0 saturated heterocycles.